The van der Waals surface area contributed by atoms with Gasteiger partial charge in [0.2, 0.25) is 88.6 Å². The summed E-state index contributed by atoms with van der Waals surface area (Å²) >= 11 is 0. The molecule has 0 spiro atoms. The Balaban J connectivity index is 1.96. The van der Waals surface area contributed by atoms with E-state index in [1.165, 1.54) is 92.4 Å². The highest BCUT2D eigenvalue weighted by Gasteiger charge is 2.37. The summed E-state index contributed by atoms with van der Waals surface area (Å²) in [4.78, 5) is 226. The second-order valence-electron chi connectivity index (χ2n) is 29.1. The number of hydrogen-bond acceptors (Lipinski definition) is 18. The van der Waals surface area contributed by atoms with E-state index in [0.717, 1.165) is 30.2 Å². The maximum atomic E-state index is 14.3. The molecular formula is C76H125N17O19. The van der Waals surface area contributed by atoms with Crippen LogP contribution in [0.25, 0.3) is 10.9 Å². The topological polar surface area (TPSA) is 553 Å². The number of hydrogen-bond donors (Lipinski definition) is 19. The van der Waals surface area contributed by atoms with Gasteiger partial charge >= 0.3 is 11.9 Å². The lowest BCUT2D eigenvalue weighted by Gasteiger charge is -2.30. The number of rotatable bonds is 56. The molecule has 0 bridgehead atoms. The van der Waals surface area contributed by atoms with Crippen LogP contribution >= 0.6 is 0 Å². The highest BCUT2D eigenvalue weighted by molar-refractivity contribution is 6.00. The van der Waals surface area contributed by atoms with Crippen LogP contribution in [0, 0.1) is 17.8 Å². The summed E-state index contributed by atoms with van der Waals surface area (Å²) in [5.41, 5.74) is 7.15. The first kappa shape index (κ1) is 97.8. The number of carbonyl (C=O) groups is 17. The zero-order valence-electron chi connectivity index (χ0n) is 67.1. The SMILES string of the molecule is CCCCCCCCCCCCCCCC(=O)N[C@@H](C)C(=O)N[C@@H](C)C(=O)N[C@@H](C)C(=O)N[C@@H](C)C(=O)NCC(=O)NCC(=O)NCC(=O)N[C@@H](CC(=O)O)C(=O)N[C@H](C(=O)N[C@@H](CCCCN)C(=O)N[C@H](C(=O)N[C@@H](C)C(=O)N[C@H](C(=O)N[C@@H](Cc1c[nH]c2ccccc12)C(=O)NCC(=O)O)C(C)C)C(C)C)[C@@H](C)CC. The number of nitrogens with two attached hydrogens (primary N) is 1. The fourth-order valence-electron chi connectivity index (χ4n) is 11.6. The molecule has 0 saturated heterocycles. The molecule has 1 heterocycles. The molecule has 20 N–H and O–H groups in total. The van der Waals surface area contributed by atoms with Gasteiger partial charge in [-0.2, -0.15) is 0 Å². The molecule has 0 aliphatic rings. The lowest BCUT2D eigenvalue weighted by atomic mass is 9.96. The number of amides is 15. The standard InChI is InChI=1S/C76H125N17O19/c1-13-15-16-17-18-19-20-21-22-23-24-25-26-34-57(94)83-47(9)67(103)85-49(11)69(105)86-48(10)68(104)84-46(8)66(102)81-40-59(96)79-39-58(95)80-41-60(97)88-56(37-61(98)99)73(109)93-65(45(7)14-2)76(112)89-54(33-29-30-35-77)72(108)92-63(43(3)4)74(110)87-50(12)70(106)91-64(44(5)6)75(111)90-55(71(107)82-42-62(100)101)36-51-38-78-53-32-28-27-31-52(51)53/h27-28,31-32,38,43-50,54-56,63-65,78H,13-26,29-30,33-37,39-42,77H2,1-12H3,(H,79,96)(H,80,95)(H,81,102)(H,82,107)(H,83,94)(H,84,104)(H,85,103)(H,86,105)(H,87,110)(H,88,97)(H,89,112)(H,90,111)(H,91,106)(H,92,108)(H,93,109)(H,98,99)(H,100,101)/t45-,46-,47-,48-,49-,50-,54-,55-,56-,63-,64-,65-/m0/s1. The maximum Gasteiger partial charge on any atom is 0.322 e. The van der Waals surface area contributed by atoms with E-state index in [-0.39, 0.29) is 44.6 Å². The number of nitrogens with one attached hydrogen (secondary N) is 16. The molecule has 0 aliphatic heterocycles. The van der Waals surface area contributed by atoms with Crippen molar-refractivity contribution in [3.8, 4) is 0 Å². The van der Waals surface area contributed by atoms with Gasteiger partial charge in [-0.1, -0.05) is 150 Å². The van der Waals surface area contributed by atoms with Crippen LogP contribution in [0.15, 0.2) is 30.5 Å². The molecule has 0 unspecified atom stereocenters. The summed E-state index contributed by atoms with van der Waals surface area (Å²) in [6.45, 7) is 15.9. The van der Waals surface area contributed by atoms with E-state index in [1.807, 2.05) is 6.07 Å². The molecule has 0 aliphatic carbocycles. The second-order valence-corrected chi connectivity index (χ2v) is 29.1. The zero-order valence-corrected chi connectivity index (χ0v) is 67.1. The van der Waals surface area contributed by atoms with Crippen LogP contribution in [-0.2, 0) is 87.9 Å². The van der Waals surface area contributed by atoms with Crippen LogP contribution in [0.4, 0.5) is 0 Å². The van der Waals surface area contributed by atoms with Gasteiger partial charge in [-0.15, -0.1) is 0 Å². The summed E-state index contributed by atoms with van der Waals surface area (Å²) in [6, 6.07) is -7.23. The Morgan fingerprint density at radius 2 is 0.795 bits per heavy atom. The predicted octanol–water partition coefficient (Wildman–Crippen LogP) is 0.135. The molecule has 1 aromatic carbocycles. The first-order chi connectivity index (χ1) is 52.9. The average Bonchev–Trinajstić information content (AvgIpc) is 1.68. The Labute approximate surface area is 655 Å². The van der Waals surface area contributed by atoms with Gasteiger partial charge in [0.15, 0.2) is 0 Å². The van der Waals surface area contributed by atoms with Gasteiger partial charge in [-0.25, -0.2) is 0 Å². The van der Waals surface area contributed by atoms with Crippen LogP contribution < -0.4 is 85.5 Å². The van der Waals surface area contributed by atoms with Crippen LogP contribution in [-0.4, -0.2) is 215 Å². The molecule has 15 amide bonds. The number of carboxylic acids is 2. The molecule has 112 heavy (non-hydrogen) atoms. The minimum absolute atomic E-state index is 0.0329. The molecule has 0 fully saturated rings. The van der Waals surface area contributed by atoms with Crippen LogP contribution in [0.1, 0.15) is 211 Å². The number of benzene rings is 1. The molecular weight excluding hydrogens is 1450 g/mol. The third-order valence-corrected chi connectivity index (χ3v) is 18.6. The van der Waals surface area contributed by atoms with E-state index < -0.39 is 211 Å². The number of unbranched alkanes of at least 4 members (excludes halogenated alkanes) is 13. The molecule has 628 valence electrons. The number of fused-ring (bicyclic) bond motifs is 1. The van der Waals surface area contributed by atoms with E-state index in [9.17, 15) is 91.7 Å². The highest BCUT2D eigenvalue weighted by atomic mass is 16.4. The number of H-pyrrole nitrogens is 1. The minimum atomic E-state index is -1.84. The van der Waals surface area contributed by atoms with E-state index in [0.29, 0.717) is 18.4 Å². The number of carboxylic acid groups (broad SMARTS) is 2. The largest absolute Gasteiger partial charge is 0.481 e. The van der Waals surface area contributed by atoms with Crippen molar-refractivity contribution in [1.29, 1.82) is 0 Å². The van der Waals surface area contributed by atoms with Crippen LogP contribution in [0.2, 0.25) is 0 Å². The summed E-state index contributed by atoms with van der Waals surface area (Å²) < 4.78 is 0. The Bertz CT molecular complexity index is 3460. The predicted molar refractivity (Wildman–Crippen MR) is 416 cm³/mol. The van der Waals surface area contributed by atoms with E-state index in [4.69, 9.17) is 5.73 Å². The van der Waals surface area contributed by atoms with E-state index in [2.05, 4.69) is 91.7 Å². The van der Waals surface area contributed by atoms with Gasteiger partial charge in [0.05, 0.1) is 26.1 Å². The zero-order chi connectivity index (χ0) is 84.2. The van der Waals surface area contributed by atoms with Crippen molar-refractivity contribution in [2.75, 3.05) is 32.7 Å². The number of para-hydroxylation sites is 1. The number of aliphatic carboxylic acids is 2. The van der Waals surface area contributed by atoms with Gasteiger partial charge < -0.3 is 101 Å². The molecule has 36 nitrogen and oxygen atoms in total. The molecule has 1 aromatic heterocycles. The number of aromatic nitrogens is 1. The van der Waals surface area contributed by atoms with Gasteiger partial charge in [0, 0.05) is 29.9 Å². The van der Waals surface area contributed by atoms with Crippen LogP contribution in [0.3, 0.4) is 0 Å². The normalized spacial score (nSPS) is 14.3. The Morgan fingerprint density at radius 3 is 1.30 bits per heavy atom. The van der Waals surface area contributed by atoms with Crippen molar-refractivity contribution in [3.05, 3.63) is 36.0 Å². The van der Waals surface area contributed by atoms with Gasteiger partial charge in [0.25, 0.3) is 0 Å². The van der Waals surface area contributed by atoms with Crippen molar-refractivity contribution in [2.45, 2.75) is 278 Å². The maximum absolute atomic E-state index is 14.3. The highest BCUT2D eigenvalue weighted by Crippen LogP contribution is 2.21. The summed E-state index contributed by atoms with van der Waals surface area (Å²) in [5, 5.41) is 56.5. The van der Waals surface area contributed by atoms with Gasteiger partial charge in [-0.3, -0.25) is 81.5 Å². The smallest absolute Gasteiger partial charge is 0.322 e. The molecule has 0 saturated carbocycles. The second kappa shape index (κ2) is 52.8. The quantitative estimate of drug-likeness (QED) is 0.0392. The molecule has 12 atom stereocenters. The lowest BCUT2D eigenvalue weighted by Crippen LogP contribution is -2.61. The monoisotopic (exact) mass is 1580 g/mol. The third kappa shape index (κ3) is 38.1. The average molecular weight is 1580 g/mol. The molecule has 36 heteroatoms. The fourth-order valence-corrected chi connectivity index (χ4v) is 11.6. The summed E-state index contributed by atoms with van der Waals surface area (Å²) in [6.07, 6.45) is 16.9. The van der Waals surface area contributed by atoms with Crippen molar-refractivity contribution < 1.29 is 91.7 Å². The first-order valence-electron chi connectivity index (χ1n) is 39.0. The summed E-state index contributed by atoms with van der Waals surface area (Å²) in [7, 11) is 0. The van der Waals surface area contributed by atoms with Crippen molar-refractivity contribution in [3.63, 3.8) is 0 Å². The molecule has 2 aromatic rings. The van der Waals surface area contributed by atoms with Gasteiger partial charge in [-0.05, 0) is 96.2 Å². The molecule has 2 rings (SSSR count). The van der Waals surface area contributed by atoms with Crippen molar-refractivity contribution >= 4 is 111 Å². The first-order valence-corrected chi connectivity index (χ1v) is 39.0. The number of carbonyl (C=O) groups excluding carboxylic acids is 15. The minimum Gasteiger partial charge on any atom is -0.481 e. The Hall–Kier alpha value is -10.3. The number of aromatic amines is 1. The van der Waals surface area contributed by atoms with E-state index in [1.54, 1.807) is 65.9 Å². The lowest BCUT2D eigenvalue weighted by molar-refractivity contribution is -0.141. The van der Waals surface area contributed by atoms with Crippen LogP contribution in [0.5, 0.6) is 0 Å². The third-order valence-electron chi connectivity index (χ3n) is 18.6. The van der Waals surface area contributed by atoms with Crippen molar-refractivity contribution in [2.24, 2.45) is 23.5 Å². The Kier molecular flexibility index (Phi) is 46.1. The van der Waals surface area contributed by atoms with E-state index >= 15 is 0 Å². The van der Waals surface area contributed by atoms with Crippen molar-refractivity contribution in [1.82, 2.24) is 84.7 Å². The van der Waals surface area contributed by atoms with Gasteiger partial charge in [0.1, 0.15) is 73.0 Å². The fraction of sp³-hybridized carbons (Fsp3) is 0.671. The Morgan fingerprint density at radius 1 is 0.375 bits per heavy atom. The summed E-state index contributed by atoms with van der Waals surface area (Å²) in [5.74, 6) is -17.1. The molecule has 0 radical (unpaired) electrons.